The SMILES string of the molecule is CNC(=O)c1c(NC(=O)c2ccc(N3C(=O)CCC3=O)cc2)sc2c1CCN(C(=O)OC)C2. The molecule has 2 aliphatic rings. The number of carbonyl (C=O) groups excluding carboxylic acids is 5. The average molecular weight is 471 g/mol. The van der Waals surface area contributed by atoms with E-state index in [9.17, 15) is 24.0 Å². The van der Waals surface area contributed by atoms with Crippen molar-refractivity contribution in [3.05, 3.63) is 45.8 Å². The van der Waals surface area contributed by atoms with E-state index in [0.29, 0.717) is 41.3 Å². The van der Waals surface area contributed by atoms with Crippen molar-refractivity contribution in [1.82, 2.24) is 10.2 Å². The molecule has 2 aliphatic heterocycles. The zero-order valence-electron chi connectivity index (χ0n) is 18.1. The molecule has 2 N–H and O–H groups in total. The van der Waals surface area contributed by atoms with Crippen molar-refractivity contribution >= 4 is 51.7 Å². The smallest absolute Gasteiger partial charge is 0.409 e. The Balaban J connectivity index is 1.57. The van der Waals surface area contributed by atoms with E-state index < -0.39 is 12.0 Å². The molecule has 5 amide bonds. The van der Waals surface area contributed by atoms with Crippen molar-refractivity contribution in [2.75, 3.05) is 30.9 Å². The Morgan fingerprint density at radius 3 is 2.27 bits per heavy atom. The van der Waals surface area contributed by atoms with Crippen molar-refractivity contribution in [3.63, 3.8) is 0 Å². The molecule has 11 heteroatoms. The Labute approximate surface area is 193 Å². The van der Waals surface area contributed by atoms with Gasteiger partial charge in [0, 0.05) is 36.9 Å². The molecule has 0 bridgehead atoms. The fourth-order valence-corrected chi connectivity index (χ4v) is 5.20. The number of fused-ring (bicyclic) bond motifs is 1. The largest absolute Gasteiger partial charge is 0.453 e. The Morgan fingerprint density at radius 2 is 1.67 bits per heavy atom. The molecule has 2 aromatic rings. The summed E-state index contributed by atoms with van der Waals surface area (Å²) in [4.78, 5) is 64.7. The van der Waals surface area contributed by atoms with E-state index in [1.807, 2.05) is 0 Å². The zero-order valence-corrected chi connectivity index (χ0v) is 18.9. The van der Waals surface area contributed by atoms with Gasteiger partial charge < -0.3 is 20.3 Å². The molecule has 0 saturated carbocycles. The van der Waals surface area contributed by atoms with Crippen LogP contribution in [-0.4, -0.2) is 55.3 Å². The van der Waals surface area contributed by atoms with Crippen molar-refractivity contribution in [1.29, 1.82) is 0 Å². The first-order chi connectivity index (χ1) is 15.8. The third-order valence-electron chi connectivity index (χ3n) is 5.61. The van der Waals surface area contributed by atoms with Gasteiger partial charge in [0.25, 0.3) is 11.8 Å². The van der Waals surface area contributed by atoms with Crippen LogP contribution in [0.1, 0.15) is 44.0 Å². The van der Waals surface area contributed by atoms with Crippen LogP contribution in [0.4, 0.5) is 15.5 Å². The molecule has 1 aromatic heterocycles. The molecule has 10 nitrogen and oxygen atoms in total. The number of ether oxygens (including phenoxy) is 1. The number of hydrogen-bond donors (Lipinski definition) is 2. The predicted octanol–water partition coefficient (Wildman–Crippen LogP) is 2.14. The summed E-state index contributed by atoms with van der Waals surface area (Å²) in [5.74, 6) is -1.29. The lowest BCUT2D eigenvalue weighted by atomic mass is 10.0. The highest BCUT2D eigenvalue weighted by atomic mass is 32.1. The van der Waals surface area contributed by atoms with E-state index in [-0.39, 0.29) is 30.6 Å². The van der Waals surface area contributed by atoms with Crippen LogP contribution in [-0.2, 0) is 27.3 Å². The van der Waals surface area contributed by atoms with Crippen molar-refractivity contribution in [2.45, 2.75) is 25.8 Å². The molecule has 1 saturated heterocycles. The molecule has 33 heavy (non-hydrogen) atoms. The minimum atomic E-state index is -0.448. The summed E-state index contributed by atoms with van der Waals surface area (Å²) in [5.41, 5.74) is 1.92. The summed E-state index contributed by atoms with van der Waals surface area (Å²) in [6, 6.07) is 6.14. The van der Waals surface area contributed by atoms with Gasteiger partial charge in [0.1, 0.15) is 5.00 Å². The maximum atomic E-state index is 12.9. The molecule has 4 rings (SSSR count). The molecule has 0 radical (unpaired) electrons. The van der Waals surface area contributed by atoms with Crippen molar-refractivity contribution < 1.29 is 28.7 Å². The van der Waals surface area contributed by atoms with Crippen LogP contribution in [0.3, 0.4) is 0 Å². The predicted molar refractivity (Wildman–Crippen MR) is 120 cm³/mol. The highest BCUT2D eigenvalue weighted by Gasteiger charge is 2.32. The second kappa shape index (κ2) is 9.02. The number of carbonyl (C=O) groups is 5. The number of hydrogen-bond acceptors (Lipinski definition) is 7. The van der Waals surface area contributed by atoms with Crippen molar-refractivity contribution in [2.24, 2.45) is 0 Å². The first-order valence-corrected chi connectivity index (χ1v) is 11.1. The lowest BCUT2D eigenvalue weighted by molar-refractivity contribution is -0.121. The fraction of sp³-hybridized carbons (Fsp3) is 0.318. The number of methoxy groups -OCH3 is 1. The second-order valence-electron chi connectivity index (χ2n) is 7.55. The Kier molecular flexibility index (Phi) is 6.14. The van der Waals surface area contributed by atoms with Crippen LogP contribution in [0.25, 0.3) is 0 Å². The van der Waals surface area contributed by atoms with Gasteiger partial charge in [-0.2, -0.15) is 0 Å². The lowest BCUT2D eigenvalue weighted by Crippen LogP contribution is -2.35. The number of anilines is 2. The van der Waals surface area contributed by atoms with E-state index >= 15 is 0 Å². The fourth-order valence-electron chi connectivity index (χ4n) is 3.94. The zero-order chi connectivity index (χ0) is 23.7. The van der Waals surface area contributed by atoms with Gasteiger partial charge in [0.15, 0.2) is 0 Å². The maximum absolute atomic E-state index is 12.9. The Morgan fingerprint density at radius 1 is 1.00 bits per heavy atom. The van der Waals surface area contributed by atoms with Gasteiger partial charge in [-0.1, -0.05) is 0 Å². The molecule has 0 unspecified atom stereocenters. The van der Waals surface area contributed by atoms with Crippen LogP contribution in [0.5, 0.6) is 0 Å². The summed E-state index contributed by atoms with van der Waals surface area (Å²) in [6.07, 6.45) is 0.377. The Hall–Kier alpha value is -3.73. The number of nitrogens with one attached hydrogen (secondary N) is 2. The van der Waals surface area contributed by atoms with Gasteiger partial charge >= 0.3 is 6.09 Å². The number of imide groups is 1. The molecular weight excluding hydrogens is 448 g/mol. The molecule has 1 aromatic carbocycles. The van der Waals surface area contributed by atoms with Crippen molar-refractivity contribution in [3.8, 4) is 0 Å². The monoisotopic (exact) mass is 470 g/mol. The minimum Gasteiger partial charge on any atom is -0.453 e. The normalized spacial score (nSPS) is 15.3. The number of benzene rings is 1. The summed E-state index contributed by atoms with van der Waals surface area (Å²) in [7, 11) is 2.83. The molecule has 172 valence electrons. The van der Waals surface area contributed by atoms with Gasteiger partial charge in [0.05, 0.1) is 24.9 Å². The summed E-state index contributed by atoms with van der Waals surface area (Å²) >= 11 is 1.24. The second-order valence-corrected chi connectivity index (χ2v) is 8.66. The van der Waals surface area contributed by atoms with E-state index in [1.54, 1.807) is 12.1 Å². The highest BCUT2D eigenvalue weighted by Crippen LogP contribution is 2.37. The molecule has 0 atom stereocenters. The number of amides is 5. The van der Waals surface area contributed by atoms with Crippen LogP contribution < -0.4 is 15.5 Å². The lowest BCUT2D eigenvalue weighted by Gasteiger charge is -2.25. The van der Waals surface area contributed by atoms with E-state index in [4.69, 9.17) is 4.74 Å². The van der Waals surface area contributed by atoms with E-state index in [1.165, 1.54) is 42.5 Å². The third kappa shape index (κ3) is 4.19. The molecule has 0 spiro atoms. The highest BCUT2D eigenvalue weighted by molar-refractivity contribution is 7.17. The van der Waals surface area contributed by atoms with Gasteiger partial charge in [-0.15, -0.1) is 11.3 Å². The quantitative estimate of drug-likeness (QED) is 0.660. The topological polar surface area (TPSA) is 125 Å². The van der Waals surface area contributed by atoms with Gasteiger partial charge in [-0.25, -0.2) is 4.79 Å². The maximum Gasteiger partial charge on any atom is 0.409 e. The number of thiophene rings is 1. The standard InChI is InChI=1S/C22H22N4O6S/c1-23-20(30)18-14-9-10-25(22(31)32-2)11-15(14)33-21(18)24-19(29)12-3-5-13(6-4-12)26-16(27)7-8-17(26)28/h3-6H,7-11H2,1-2H3,(H,23,30)(H,24,29). The molecular formula is C22H22N4O6S. The number of nitrogens with zero attached hydrogens (tertiary/aromatic N) is 2. The van der Waals surface area contributed by atoms with Crippen LogP contribution in [0.2, 0.25) is 0 Å². The van der Waals surface area contributed by atoms with Crippen LogP contribution >= 0.6 is 11.3 Å². The Bertz CT molecular complexity index is 1140. The molecule has 1 fully saturated rings. The molecule has 0 aliphatic carbocycles. The van der Waals surface area contributed by atoms with Crippen LogP contribution in [0.15, 0.2) is 24.3 Å². The minimum absolute atomic E-state index is 0.180. The van der Waals surface area contributed by atoms with Crippen LogP contribution in [0, 0.1) is 0 Å². The van der Waals surface area contributed by atoms with Gasteiger partial charge in [0.2, 0.25) is 11.8 Å². The first kappa shape index (κ1) is 22.5. The van der Waals surface area contributed by atoms with E-state index in [2.05, 4.69) is 10.6 Å². The number of rotatable bonds is 4. The third-order valence-corrected chi connectivity index (χ3v) is 6.74. The summed E-state index contributed by atoms with van der Waals surface area (Å²) in [5, 5.41) is 5.80. The van der Waals surface area contributed by atoms with Gasteiger partial charge in [-0.3, -0.25) is 24.1 Å². The average Bonchev–Trinajstić information content (AvgIpc) is 3.36. The first-order valence-electron chi connectivity index (χ1n) is 10.3. The van der Waals surface area contributed by atoms with E-state index in [0.717, 1.165) is 15.3 Å². The summed E-state index contributed by atoms with van der Waals surface area (Å²) < 4.78 is 4.79. The van der Waals surface area contributed by atoms with Gasteiger partial charge in [-0.05, 0) is 36.2 Å². The molecule has 3 heterocycles. The summed E-state index contributed by atoms with van der Waals surface area (Å²) in [6.45, 7) is 0.697.